The minimum Gasteiger partial charge on any atom is -0.463 e. The highest BCUT2D eigenvalue weighted by molar-refractivity contribution is 6.04. The molecule has 0 aromatic carbocycles. The van der Waals surface area contributed by atoms with Gasteiger partial charge in [-0.1, -0.05) is 12.2 Å². The van der Waals surface area contributed by atoms with E-state index < -0.39 is 12.6 Å². The van der Waals surface area contributed by atoms with E-state index in [1.54, 1.807) is 41.2 Å². The average molecular weight is 408 g/mol. The zero-order valence-corrected chi connectivity index (χ0v) is 17.1. The van der Waals surface area contributed by atoms with Gasteiger partial charge in [0.15, 0.2) is 18.0 Å². The predicted molar refractivity (Wildman–Crippen MR) is 113 cm³/mol. The molecule has 0 aliphatic heterocycles. The van der Waals surface area contributed by atoms with Gasteiger partial charge < -0.3 is 14.1 Å². The van der Waals surface area contributed by atoms with Crippen LogP contribution in [0.2, 0.25) is 0 Å². The van der Waals surface area contributed by atoms with Crippen molar-refractivity contribution in [1.82, 2.24) is 19.7 Å². The standard InChI is InChI=1S/C22H24N4O4/c1-5-9-25(10-6-2)20(27)14-30-22(28)16-12-18(19-8-7-11-29-19)24-21-17(16)13-23-26(21)15(3)4/h5-8,11-13,15H,1-2,9-10,14H2,3-4H3. The number of carbonyl (C=O) groups excluding carboxylic acids is 2. The van der Waals surface area contributed by atoms with Crippen LogP contribution in [-0.2, 0) is 9.53 Å². The number of rotatable bonds is 9. The highest BCUT2D eigenvalue weighted by Gasteiger charge is 2.22. The molecule has 0 atom stereocenters. The first-order valence-corrected chi connectivity index (χ1v) is 9.55. The van der Waals surface area contributed by atoms with Crippen LogP contribution in [0, 0.1) is 0 Å². The van der Waals surface area contributed by atoms with Gasteiger partial charge in [0.2, 0.25) is 0 Å². The summed E-state index contributed by atoms with van der Waals surface area (Å²) in [5, 5.41) is 4.90. The third-order valence-corrected chi connectivity index (χ3v) is 4.43. The summed E-state index contributed by atoms with van der Waals surface area (Å²) in [5.74, 6) is -0.455. The maximum atomic E-state index is 12.9. The number of hydrogen-bond acceptors (Lipinski definition) is 6. The Morgan fingerprint density at radius 1 is 1.30 bits per heavy atom. The summed E-state index contributed by atoms with van der Waals surface area (Å²) in [6, 6.07) is 5.13. The number of esters is 1. The fraction of sp³-hybridized carbons (Fsp3) is 0.273. The van der Waals surface area contributed by atoms with Crippen molar-refractivity contribution in [2.24, 2.45) is 0 Å². The van der Waals surface area contributed by atoms with Gasteiger partial charge in [-0.3, -0.25) is 4.79 Å². The molecule has 0 aliphatic carbocycles. The minimum absolute atomic E-state index is 0.0404. The van der Waals surface area contributed by atoms with Crippen LogP contribution in [0.4, 0.5) is 0 Å². The second kappa shape index (κ2) is 9.21. The van der Waals surface area contributed by atoms with Crippen molar-refractivity contribution in [3.8, 4) is 11.5 Å². The Kier molecular flexibility index (Phi) is 6.46. The summed E-state index contributed by atoms with van der Waals surface area (Å²) in [4.78, 5) is 31.4. The Bertz CT molecular complexity index is 1060. The van der Waals surface area contributed by atoms with Gasteiger partial charge in [-0.05, 0) is 32.0 Å². The predicted octanol–water partition coefficient (Wildman–Crippen LogP) is 3.63. The SMILES string of the molecule is C=CCN(CC=C)C(=O)COC(=O)c1cc(-c2ccco2)nc2c1cnn2C(C)C. The largest absolute Gasteiger partial charge is 0.463 e. The second-order valence-corrected chi connectivity index (χ2v) is 6.90. The van der Waals surface area contributed by atoms with E-state index in [0.29, 0.717) is 35.6 Å². The summed E-state index contributed by atoms with van der Waals surface area (Å²) >= 11 is 0. The van der Waals surface area contributed by atoms with Gasteiger partial charge in [0.25, 0.3) is 5.91 Å². The van der Waals surface area contributed by atoms with Crippen molar-refractivity contribution in [1.29, 1.82) is 0 Å². The van der Waals surface area contributed by atoms with Crippen LogP contribution < -0.4 is 0 Å². The molecule has 156 valence electrons. The molecule has 30 heavy (non-hydrogen) atoms. The smallest absolute Gasteiger partial charge is 0.339 e. The van der Waals surface area contributed by atoms with Gasteiger partial charge in [-0.2, -0.15) is 5.10 Å². The lowest BCUT2D eigenvalue weighted by Gasteiger charge is -2.19. The Morgan fingerprint density at radius 2 is 2.03 bits per heavy atom. The fourth-order valence-electron chi connectivity index (χ4n) is 3.00. The molecular formula is C22H24N4O4. The molecule has 0 fully saturated rings. The lowest BCUT2D eigenvalue weighted by molar-refractivity contribution is -0.133. The lowest BCUT2D eigenvalue weighted by atomic mass is 10.1. The summed E-state index contributed by atoms with van der Waals surface area (Å²) in [7, 11) is 0. The van der Waals surface area contributed by atoms with E-state index in [2.05, 4.69) is 23.2 Å². The van der Waals surface area contributed by atoms with E-state index in [1.165, 1.54) is 11.2 Å². The quantitative estimate of drug-likeness (QED) is 0.397. The van der Waals surface area contributed by atoms with Gasteiger partial charge in [-0.15, -0.1) is 13.2 Å². The summed E-state index contributed by atoms with van der Waals surface area (Å²) in [6.45, 7) is 11.5. The third-order valence-electron chi connectivity index (χ3n) is 4.43. The number of pyridine rings is 1. The molecule has 3 aromatic rings. The van der Waals surface area contributed by atoms with Crippen LogP contribution in [0.15, 0.2) is 60.4 Å². The number of fused-ring (bicyclic) bond motifs is 1. The Labute approximate surface area is 174 Å². The molecule has 0 N–H and O–H groups in total. The Hall–Kier alpha value is -3.68. The molecule has 8 heteroatoms. The number of furan rings is 1. The highest BCUT2D eigenvalue weighted by atomic mass is 16.5. The van der Waals surface area contributed by atoms with Crippen molar-refractivity contribution < 1.29 is 18.7 Å². The Balaban J connectivity index is 1.92. The van der Waals surface area contributed by atoms with E-state index >= 15 is 0 Å². The van der Waals surface area contributed by atoms with Crippen molar-refractivity contribution in [3.63, 3.8) is 0 Å². The molecule has 0 spiro atoms. The summed E-state index contributed by atoms with van der Waals surface area (Å²) in [5.41, 5.74) is 1.29. The highest BCUT2D eigenvalue weighted by Crippen LogP contribution is 2.27. The van der Waals surface area contributed by atoms with Crippen LogP contribution in [0.25, 0.3) is 22.5 Å². The molecule has 0 radical (unpaired) electrons. The maximum absolute atomic E-state index is 12.9. The first kappa shape index (κ1) is 21.0. The number of carbonyl (C=O) groups is 2. The number of hydrogen-bond donors (Lipinski definition) is 0. The molecule has 8 nitrogen and oxygen atoms in total. The van der Waals surface area contributed by atoms with Crippen molar-refractivity contribution in [3.05, 3.63) is 61.5 Å². The summed E-state index contributed by atoms with van der Waals surface area (Å²) < 4.78 is 12.5. The molecule has 0 saturated carbocycles. The molecule has 3 rings (SSSR count). The van der Waals surface area contributed by atoms with E-state index in [-0.39, 0.29) is 17.5 Å². The third kappa shape index (κ3) is 4.32. The minimum atomic E-state index is -0.635. The normalized spacial score (nSPS) is 10.9. The van der Waals surface area contributed by atoms with E-state index in [0.717, 1.165) is 0 Å². The van der Waals surface area contributed by atoms with Crippen molar-refractivity contribution in [2.75, 3.05) is 19.7 Å². The first-order chi connectivity index (χ1) is 14.5. The van der Waals surface area contributed by atoms with Crippen LogP contribution in [0.5, 0.6) is 0 Å². The van der Waals surface area contributed by atoms with Crippen molar-refractivity contribution >= 4 is 22.9 Å². The zero-order valence-electron chi connectivity index (χ0n) is 17.1. The van der Waals surface area contributed by atoms with E-state index in [1.807, 2.05) is 13.8 Å². The van der Waals surface area contributed by atoms with Crippen LogP contribution in [0.3, 0.4) is 0 Å². The molecule has 1 amide bonds. The zero-order chi connectivity index (χ0) is 21.7. The molecule has 0 aliphatic rings. The van der Waals surface area contributed by atoms with Gasteiger partial charge in [0.05, 0.1) is 23.4 Å². The summed E-state index contributed by atoms with van der Waals surface area (Å²) in [6.07, 6.45) is 6.32. The number of ether oxygens (including phenoxy) is 1. The van der Waals surface area contributed by atoms with Gasteiger partial charge in [-0.25, -0.2) is 14.5 Å². The number of amides is 1. The molecule has 0 unspecified atom stereocenters. The lowest BCUT2D eigenvalue weighted by Crippen LogP contribution is -2.35. The molecule has 0 saturated heterocycles. The average Bonchev–Trinajstić information content (AvgIpc) is 3.40. The molecule has 3 aromatic heterocycles. The first-order valence-electron chi connectivity index (χ1n) is 9.55. The Morgan fingerprint density at radius 3 is 2.63 bits per heavy atom. The van der Waals surface area contributed by atoms with Crippen LogP contribution in [-0.4, -0.2) is 51.2 Å². The van der Waals surface area contributed by atoms with Gasteiger partial charge in [0.1, 0.15) is 5.69 Å². The maximum Gasteiger partial charge on any atom is 0.339 e. The second-order valence-electron chi connectivity index (χ2n) is 6.90. The van der Waals surface area contributed by atoms with Crippen molar-refractivity contribution in [2.45, 2.75) is 19.9 Å². The molecule has 3 heterocycles. The van der Waals surface area contributed by atoms with E-state index in [9.17, 15) is 9.59 Å². The number of aromatic nitrogens is 3. The fourth-order valence-corrected chi connectivity index (χ4v) is 3.00. The molecular weight excluding hydrogens is 384 g/mol. The van der Waals surface area contributed by atoms with E-state index in [4.69, 9.17) is 9.15 Å². The number of nitrogens with zero attached hydrogens (tertiary/aromatic N) is 4. The molecule has 0 bridgehead atoms. The topological polar surface area (TPSA) is 90.5 Å². The van der Waals surface area contributed by atoms with Crippen LogP contribution >= 0.6 is 0 Å². The van der Waals surface area contributed by atoms with Crippen LogP contribution in [0.1, 0.15) is 30.2 Å². The monoisotopic (exact) mass is 408 g/mol. The van der Waals surface area contributed by atoms with Gasteiger partial charge >= 0.3 is 5.97 Å². The van der Waals surface area contributed by atoms with Gasteiger partial charge in [0, 0.05) is 19.1 Å².